The third-order valence-corrected chi connectivity index (χ3v) is 10.5. The molecule has 0 spiro atoms. The highest BCUT2D eigenvalue weighted by molar-refractivity contribution is 6.39. The Kier molecular flexibility index (Phi) is 7.03. The Morgan fingerprint density at radius 3 is 1.33 bits per heavy atom. The summed E-state index contributed by atoms with van der Waals surface area (Å²) < 4.78 is 16.5. The lowest BCUT2D eigenvalue weighted by molar-refractivity contribution is -0.130. The molecular formula is C42H33NO6. The highest BCUT2D eigenvalue weighted by atomic mass is 16.5. The van der Waals surface area contributed by atoms with Crippen molar-refractivity contribution >= 4 is 34.4 Å². The molecule has 1 aliphatic heterocycles. The number of imide groups is 1. The van der Waals surface area contributed by atoms with Gasteiger partial charge in [-0.05, 0) is 69.8 Å². The van der Waals surface area contributed by atoms with Gasteiger partial charge >= 0.3 is 0 Å². The number of Topliss-reactive ketones (excluding diaryl/α,β-unsaturated/α-hetero) is 1. The number of nitrogens with zero attached hydrogens (tertiary/aromatic N) is 1. The first-order chi connectivity index (χ1) is 23.9. The summed E-state index contributed by atoms with van der Waals surface area (Å²) in [5, 5.41) is 0. The average Bonchev–Trinajstić information content (AvgIpc) is 3.67. The number of rotatable bonds is 8. The predicted octanol–water partition coefficient (Wildman–Crippen LogP) is 6.90. The van der Waals surface area contributed by atoms with Gasteiger partial charge in [0, 0.05) is 6.07 Å². The molecule has 7 heteroatoms. The fraction of sp³-hybridized carbons (Fsp3) is 0.167. The fourth-order valence-corrected chi connectivity index (χ4v) is 8.64. The summed E-state index contributed by atoms with van der Waals surface area (Å²) >= 11 is 0. The number of amides is 2. The number of carbonyl (C=O) groups excluding carboxylic acids is 3. The summed E-state index contributed by atoms with van der Waals surface area (Å²) in [6.45, 7) is 0. The van der Waals surface area contributed by atoms with E-state index in [4.69, 9.17) is 14.2 Å². The monoisotopic (exact) mass is 647 g/mol. The zero-order chi connectivity index (χ0) is 33.9. The van der Waals surface area contributed by atoms with Crippen LogP contribution in [-0.2, 0) is 25.2 Å². The summed E-state index contributed by atoms with van der Waals surface area (Å²) in [4.78, 5) is 47.6. The number of ether oxygens (including phenoxy) is 3. The molecule has 5 aromatic rings. The Hall–Kier alpha value is -5.95. The molecule has 2 fully saturated rings. The molecule has 2 amide bonds. The van der Waals surface area contributed by atoms with Gasteiger partial charge in [-0.2, -0.15) is 0 Å². The minimum atomic E-state index is -1.51. The van der Waals surface area contributed by atoms with Crippen molar-refractivity contribution in [3.63, 3.8) is 0 Å². The first-order valence-electron chi connectivity index (χ1n) is 16.1. The lowest BCUT2D eigenvalue weighted by Gasteiger charge is -2.39. The summed E-state index contributed by atoms with van der Waals surface area (Å²) in [6.07, 6.45) is 0. The largest absolute Gasteiger partial charge is 0.497 e. The van der Waals surface area contributed by atoms with Crippen LogP contribution in [0.15, 0.2) is 133 Å². The molecule has 8 rings (SSSR count). The van der Waals surface area contributed by atoms with Crippen LogP contribution in [0.5, 0.6) is 17.2 Å². The van der Waals surface area contributed by atoms with E-state index in [9.17, 15) is 0 Å². The molecule has 3 aliphatic rings. The Morgan fingerprint density at radius 2 is 0.918 bits per heavy atom. The zero-order valence-corrected chi connectivity index (χ0v) is 27.3. The van der Waals surface area contributed by atoms with E-state index in [2.05, 4.69) is 0 Å². The molecule has 4 atom stereocenters. The van der Waals surface area contributed by atoms with Crippen LogP contribution in [0.1, 0.15) is 22.3 Å². The molecule has 1 saturated heterocycles. The topological polar surface area (TPSA) is 82.1 Å². The van der Waals surface area contributed by atoms with Gasteiger partial charge in [-0.1, -0.05) is 91.0 Å². The number of fused-ring (bicyclic) bond motifs is 5. The first-order valence-corrected chi connectivity index (χ1v) is 16.1. The van der Waals surface area contributed by atoms with Crippen molar-refractivity contribution < 1.29 is 28.6 Å². The van der Waals surface area contributed by atoms with Crippen LogP contribution in [0.3, 0.4) is 0 Å². The SMILES string of the molecule is COc1ccc(C2=C(c3ccc(OC)cc3)[C@@]3(c4ccccc4)C(=O)[C@@]2(c2ccccc2)[C@@H]2C(=O)N(c4cccc(OC)c4)C(=O)[C@@H]23)cc1. The molecule has 0 N–H and O–H groups in total. The van der Waals surface area contributed by atoms with E-state index in [0.717, 1.165) is 11.1 Å². The minimum absolute atomic E-state index is 0.184. The number of carbonyl (C=O) groups is 3. The number of methoxy groups -OCH3 is 3. The van der Waals surface area contributed by atoms with Gasteiger partial charge in [-0.15, -0.1) is 0 Å². The van der Waals surface area contributed by atoms with Crippen molar-refractivity contribution in [2.45, 2.75) is 10.8 Å². The maximum Gasteiger partial charge on any atom is 0.239 e. The van der Waals surface area contributed by atoms with Gasteiger partial charge in [0.25, 0.3) is 0 Å². The highest BCUT2D eigenvalue weighted by Gasteiger charge is 2.82. The lowest BCUT2D eigenvalue weighted by Crippen LogP contribution is -2.45. The second-order valence-corrected chi connectivity index (χ2v) is 12.6. The van der Waals surface area contributed by atoms with E-state index >= 15 is 14.4 Å². The lowest BCUT2D eigenvalue weighted by atomic mass is 9.59. The Balaban J connectivity index is 1.53. The molecule has 2 bridgehead atoms. The molecule has 242 valence electrons. The number of allylic oxidation sites excluding steroid dienone is 2. The number of hydrogen-bond donors (Lipinski definition) is 0. The average molecular weight is 648 g/mol. The molecule has 49 heavy (non-hydrogen) atoms. The molecule has 7 nitrogen and oxygen atoms in total. The van der Waals surface area contributed by atoms with Gasteiger partial charge in [-0.3, -0.25) is 14.4 Å². The number of hydrogen-bond acceptors (Lipinski definition) is 6. The Labute approximate surface area is 284 Å². The van der Waals surface area contributed by atoms with Crippen molar-refractivity contribution in [2.24, 2.45) is 11.8 Å². The Morgan fingerprint density at radius 1 is 0.490 bits per heavy atom. The van der Waals surface area contributed by atoms with Gasteiger partial charge in [0.05, 0.1) is 49.7 Å². The predicted molar refractivity (Wildman–Crippen MR) is 187 cm³/mol. The van der Waals surface area contributed by atoms with Crippen molar-refractivity contribution in [1.29, 1.82) is 0 Å². The van der Waals surface area contributed by atoms with Gasteiger partial charge in [0.15, 0.2) is 5.78 Å². The summed E-state index contributed by atoms with van der Waals surface area (Å²) in [6, 6.07) is 41.1. The normalized spacial score (nSPS) is 24.0. The van der Waals surface area contributed by atoms with E-state index in [1.165, 1.54) is 4.90 Å². The number of anilines is 1. The van der Waals surface area contributed by atoms with Crippen molar-refractivity contribution in [3.8, 4) is 17.2 Å². The minimum Gasteiger partial charge on any atom is -0.497 e. The van der Waals surface area contributed by atoms with E-state index in [1.807, 2.05) is 109 Å². The van der Waals surface area contributed by atoms with Crippen LogP contribution in [0.2, 0.25) is 0 Å². The van der Waals surface area contributed by atoms with E-state index in [1.54, 1.807) is 45.6 Å². The van der Waals surface area contributed by atoms with Crippen LogP contribution < -0.4 is 19.1 Å². The third-order valence-electron chi connectivity index (χ3n) is 10.5. The van der Waals surface area contributed by atoms with Crippen molar-refractivity contribution in [1.82, 2.24) is 0 Å². The molecule has 1 heterocycles. The van der Waals surface area contributed by atoms with E-state index < -0.39 is 34.5 Å². The van der Waals surface area contributed by atoms with Gasteiger partial charge in [0.2, 0.25) is 11.8 Å². The number of benzene rings is 5. The maximum atomic E-state index is 16.0. The van der Waals surface area contributed by atoms with Gasteiger partial charge < -0.3 is 14.2 Å². The van der Waals surface area contributed by atoms with Crippen LogP contribution >= 0.6 is 0 Å². The first kappa shape index (κ1) is 30.4. The summed E-state index contributed by atoms with van der Waals surface area (Å²) in [5.41, 5.74) is 1.65. The van der Waals surface area contributed by atoms with Crippen LogP contribution in [0, 0.1) is 11.8 Å². The standard InChI is InChI=1S/C42H33NO6/c1-47-31-21-17-26(18-22-31)34-35(27-19-23-32(48-2)24-20-27)42(29-13-8-5-9-14-29)37-36(41(34,40(42)46)28-11-6-4-7-12-28)38(44)43(39(37)45)30-15-10-16-33(25-30)49-3/h4-25,36-37H,1-3H3/t36-,37+,41-,42-/m1/s1. The Bertz CT molecular complexity index is 2010. The van der Waals surface area contributed by atoms with Crippen LogP contribution in [0.4, 0.5) is 5.69 Å². The van der Waals surface area contributed by atoms with Crippen molar-refractivity contribution in [3.05, 3.63) is 156 Å². The molecule has 0 unspecified atom stereocenters. The molecule has 1 saturated carbocycles. The van der Waals surface area contributed by atoms with Crippen LogP contribution in [-0.4, -0.2) is 38.9 Å². The van der Waals surface area contributed by atoms with Crippen molar-refractivity contribution in [2.75, 3.05) is 26.2 Å². The maximum absolute atomic E-state index is 16.0. The van der Waals surface area contributed by atoms with E-state index in [0.29, 0.717) is 45.2 Å². The molecular weight excluding hydrogens is 614 g/mol. The van der Waals surface area contributed by atoms with E-state index in [-0.39, 0.29) is 5.78 Å². The van der Waals surface area contributed by atoms with Crippen LogP contribution in [0.25, 0.3) is 11.1 Å². The number of ketones is 1. The molecule has 0 aromatic heterocycles. The molecule has 2 aliphatic carbocycles. The summed E-state index contributed by atoms with van der Waals surface area (Å²) in [5.74, 6) is -1.25. The quantitative estimate of drug-likeness (QED) is 0.171. The second kappa shape index (κ2) is 11.3. The second-order valence-electron chi connectivity index (χ2n) is 12.6. The highest BCUT2D eigenvalue weighted by Crippen LogP contribution is 2.74. The van der Waals surface area contributed by atoms with Gasteiger partial charge in [0.1, 0.15) is 17.2 Å². The third kappa shape index (κ3) is 3.99. The zero-order valence-electron chi connectivity index (χ0n) is 27.3. The molecule has 5 aromatic carbocycles. The smallest absolute Gasteiger partial charge is 0.239 e. The van der Waals surface area contributed by atoms with Gasteiger partial charge in [-0.25, -0.2) is 4.90 Å². The fourth-order valence-electron chi connectivity index (χ4n) is 8.64. The summed E-state index contributed by atoms with van der Waals surface area (Å²) in [7, 11) is 4.75. The molecule has 0 radical (unpaired) electrons.